The Bertz CT molecular complexity index is 560. The topological polar surface area (TPSA) is 34.9 Å². The van der Waals surface area contributed by atoms with E-state index in [1.54, 1.807) is 18.5 Å². The van der Waals surface area contributed by atoms with Gasteiger partial charge >= 0.3 is 0 Å². The minimum Gasteiger partial charge on any atom is -0.308 e. The first-order valence-electron chi connectivity index (χ1n) is 4.22. The van der Waals surface area contributed by atoms with E-state index in [2.05, 4.69) is 20.9 Å². The van der Waals surface area contributed by atoms with Crippen LogP contribution < -0.4 is 5.56 Å². The lowest BCUT2D eigenvalue weighted by molar-refractivity contribution is 0.872. The van der Waals surface area contributed by atoms with Crippen LogP contribution in [-0.2, 0) is 7.05 Å². The first kappa shape index (κ1) is 9.40. The highest BCUT2D eigenvalue weighted by Gasteiger charge is 2.04. The van der Waals surface area contributed by atoms with Gasteiger partial charge in [-0.25, -0.2) is 4.98 Å². The third kappa shape index (κ3) is 1.35. The molecule has 0 radical (unpaired) electrons. The summed E-state index contributed by atoms with van der Waals surface area (Å²) in [5, 5.41) is 0. The maximum Gasteiger partial charge on any atom is 0.272 e. The molecule has 4 heteroatoms. The Labute approximate surface area is 89.5 Å². The van der Waals surface area contributed by atoms with Crippen molar-refractivity contribution in [3.05, 3.63) is 38.7 Å². The second-order valence-corrected chi connectivity index (χ2v) is 4.11. The van der Waals surface area contributed by atoms with E-state index in [0.29, 0.717) is 5.69 Å². The van der Waals surface area contributed by atoms with Gasteiger partial charge in [-0.3, -0.25) is 4.79 Å². The average molecular weight is 253 g/mol. The molecule has 0 aliphatic rings. The molecule has 3 nitrogen and oxygen atoms in total. The molecular formula is C10H9BrN2O. The first-order valence-corrected chi connectivity index (χ1v) is 5.02. The number of fused-ring (bicyclic) bond motifs is 1. The second-order valence-electron chi connectivity index (χ2n) is 3.19. The van der Waals surface area contributed by atoms with Crippen LogP contribution in [0, 0.1) is 6.92 Å². The third-order valence-electron chi connectivity index (χ3n) is 2.20. The lowest BCUT2D eigenvalue weighted by atomic mass is 10.3. The molecule has 0 saturated carbocycles. The fourth-order valence-electron chi connectivity index (χ4n) is 1.45. The van der Waals surface area contributed by atoms with Crippen molar-refractivity contribution in [1.29, 1.82) is 0 Å². The van der Waals surface area contributed by atoms with Gasteiger partial charge in [0.1, 0.15) is 5.69 Å². The van der Waals surface area contributed by atoms with E-state index in [0.717, 1.165) is 15.5 Å². The number of aromatic nitrogens is 2. The van der Waals surface area contributed by atoms with Gasteiger partial charge in [-0.15, -0.1) is 0 Å². The molecule has 0 aliphatic heterocycles. The Balaban J connectivity index is 2.98. The van der Waals surface area contributed by atoms with E-state index in [1.165, 1.54) is 0 Å². The zero-order valence-corrected chi connectivity index (χ0v) is 9.50. The monoisotopic (exact) mass is 252 g/mol. The van der Waals surface area contributed by atoms with Crippen LogP contribution >= 0.6 is 15.9 Å². The zero-order valence-electron chi connectivity index (χ0n) is 7.91. The molecule has 2 aromatic rings. The maximum atomic E-state index is 11.6. The van der Waals surface area contributed by atoms with Crippen LogP contribution in [0.1, 0.15) is 5.69 Å². The number of hydrogen-bond acceptors (Lipinski definition) is 2. The molecule has 0 aliphatic carbocycles. The van der Waals surface area contributed by atoms with Crippen molar-refractivity contribution in [2.75, 3.05) is 0 Å². The SMILES string of the molecule is Cc1nc2cc(Br)ccc2n(C)c1=O. The van der Waals surface area contributed by atoms with Crippen LogP contribution in [0.5, 0.6) is 0 Å². The Morgan fingerprint density at radius 1 is 1.43 bits per heavy atom. The Morgan fingerprint density at radius 3 is 2.86 bits per heavy atom. The summed E-state index contributed by atoms with van der Waals surface area (Å²) in [6.07, 6.45) is 0. The molecule has 1 aromatic carbocycles. The Hall–Kier alpha value is -1.16. The van der Waals surface area contributed by atoms with Crippen molar-refractivity contribution in [3.8, 4) is 0 Å². The molecule has 0 spiro atoms. The normalized spacial score (nSPS) is 10.8. The van der Waals surface area contributed by atoms with Crippen LogP contribution in [0.2, 0.25) is 0 Å². The Kier molecular flexibility index (Phi) is 2.15. The van der Waals surface area contributed by atoms with E-state index in [4.69, 9.17) is 0 Å². The van der Waals surface area contributed by atoms with Crippen LogP contribution in [-0.4, -0.2) is 9.55 Å². The van der Waals surface area contributed by atoms with E-state index in [-0.39, 0.29) is 5.56 Å². The zero-order chi connectivity index (χ0) is 10.3. The average Bonchev–Trinajstić information content (AvgIpc) is 2.14. The molecule has 72 valence electrons. The van der Waals surface area contributed by atoms with Crippen LogP contribution in [0.4, 0.5) is 0 Å². The molecule has 0 atom stereocenters. The third-order valence-corrected chi connectivity index (χ3v) is 2.69. The molecule has 0 N–H and O–H groups in total. The first-order chi connectivity index (χ1) is 6.59. The highest BCUT2D eigenvalue weighted by Crippen LogP contribution is 2.16. The summed E-state index contributed by atoms with van der Waals surface area (Å²) in [5.41, 5.74) is 2.17. The summed E-state index contributed by atoms with van der Waals surface area (Å²) < 4.78 is 2.58. The van der Waals surface area contributed by atoms with Gasteiger partial charge in [-0.2, -0.15) is 0 Å². The summed E-state index contributed by atoms with van der Waals surface area (Å²) in [5.74, 6) is 0. The van der Waals surface area contributed by atoms with E-state index in [1.807, 2.05) is 18.2 Å². The number of nitrogens with zero attached hydrogens (tertiary/aromatic N) is 2. The second kappa shape index (κ2) is 3.20. The number of aryl methyl sites for hydroxylation is 2. The van der Waals surface area contributed by atoms with Gasteiger partial charge in [0.25, 0.3) is 5.56 Å². The van der Waals surface area contributed by atoms with Gasteiger partial charge in [-0.1, -0.05) is 15.9 Å². The van der Waals surface area contributed by atoms with Crippen molar-refractivity contribution >= 4 is 27.0 Å². The lowest BCUT2D eigenvalue weighted by Crippen LogP contribution is -2.20. The number of benzene rings is 1. The fourth-order valence-corrected chi connectivity index (χ4v) is 1.80. The molecule has 0 saturated heterocycles. The number of halogens is 1. The fraction of sp³-hybridized carbons (Fsp3) is 0.200. The van der Waals surface area contributed by atoms with Gasteiger partial charge in [0.2, 0.25) is 0 Å². The maximum absolute atomic E-state index is 11.6. The van der Waals surface area contributed by atoms with Gasteiger partial charge in [0, 0.05) is 11.5 Å². The smallest absolute Gasteiger partial charge is 0.272 e. The molecule has 0 bridgehead atoms. The predicted molar refractivity (Wildman–Crippen MR) is 59.4 cm³/mol. The summed E-state index contributed by atoms with van der Waals surface area (Å²) in [6.45, 7) is 1.72. The minimum absolute atomic E-state index is 0.0418. The largest absolute Gasteiger partial charge is 0.308 e. The molecule has 0 fully saturated rings. The number of rotatable bonds is 0. The summed E-state index contributed by atoms with van der Waals surface area (Å²) in [4.78, 5) is 15.8. The van der Waals surface area contributed by atoms with Crippen molar-refractivity contribution in [1.82, 2.24) is 9.55 Å². The van der Waals surface area contributed by atoms with Gasteiger partial charge in [0.15, 0.2) is 0 Å². The van der Waals surface area contributed by atoms with Crippen LogP contribution in [0.25, 0.3) is 11.0 Å². The molecule has 2 rings (SSSR count). The predicted octanol–water partition coefficient (Wildman–Crippen LogP) is 2.00. The molecular weight excluding hydrogens is 244 g/mol. The van der Waals surface area contributed by atoms with Crippen molar-refractivity contribution in [2.24, 2.45) is 7.05 Å². The van der Waals surface area contributed by atoms with Gasteiger partial charge < -0.3 is 4.57 Å². The highest BCUT2D eigenvalue weighted by atomic mass is 79.9. The molecule has 1 heterocycles. The summed E-state index contributed by atoms with van der Waals surface area (Å²) >= 11 is 3.37. The van der Waals surface area contributed by atoms with Crippen molar-refractivity contribution in [3.63, 3.8) is 0 Å². The molecule has 0 unspecified atom stereocenters. The van der Waals surface area contributed by atoms with Crippen molar-refractivity contribution in [2.45, 2.75) is 6.92 Å². The van der Waals surface area contributed by atoms with E-state index < -0.39 is 0 Å². The molecule has 0 amide bonds. The van der Waals surface area contributed by atoms with E-state index in [9.17, 15) is 4.79 Å². The summed E-state index contributed by atoms with van der Waals surface area (Å²) in [7, 11) is 1.76. The summed E-state index contributed by atoms with van der Waals surface area (Å²) in [6, 6.07) is 5.69. The van der Waals surface area contributed by atoms with Gasteiger partial charge in [-0.05, 0) is 25.1 Å². The molecule has 14 heavy (non-hydrogen) atoms. The molecule has 1 aromatic heterocycles. The number of hydrogen-bond donors (Lipinski definition) is 0. The minimum atomic E-state index is -0.0418. The standard InChI is InChI=1S/C10H9BrN2O/c1-6-10(14)13(2)9-4-3-7(11)5-8(9)12-6/h3-5H,1-2H3. The highest BCUT2D eigenvalue weighted by molar-refractivity contribution is 9.10. The quantitative estimate of drug-likeness (QED) is 0.719. The van der Waals surface area contributed by atoms with E-state index >= 15 is 0 Å². The van der Waals surface area contributed by atoms with Crippen molar-refractivity contribution < 1.29 is 0 Å². The van der Waals surface area contributed by atoms with Crippen LogP contribution in [0.3, 0.4) is 0 Å². The van der Waals surface area contributed by atoms with Crippen LogP contribution in [0.15, 0.2) is 27.5 Å². The lowest BCUT2D eigenvalue weighted by Gasteiger charge is -2.05. The Morgan fingerprint density at radius 2 is 2.14 bits per heavy atom. The van der Waals surface area contributed by atoms with Gasteiger partial charge in [0.05, 0.1) is 11.0 Å².